The van der Waals surface area contributed by atoms with Gasteiger partial charge in [0.05, 0.1) is 23.0 Å². The van der Waals surface area contributed by atoms with Crippen molar-refractivity contribution >= 4 is 5.69 Å². The normalized spacial score (nSPS) is 17.9. The van der Waals surface area contributed by atoms with E-state index in [9.17, 15) is 27.5 Å². The molecule has 1 fully saturated rings. The SMILES string of the molecule is Cc1cc(-c2nn(-c3cc(N4CC[C@H](O)C4)ccc3C(F)(F)F)c(=O)c3c2CCC3)ccc1F. The second-order valence-electron chi connectivity index (χ2n) is 8.93. The molecule has 1 aromatic heterocycles. The minimum Gasteiger partial charge on any atom is -0.391 e. The summed E-state index contributed by atoms with van der Waals surface area (Å²) in [7, 11) is 0. The van der Waals surface area contributed by atoms with Crippen molar-refractivity contribution in [3.05, 3.63) is 74.8 Å². The molecule has 2 aliphatic rings. The Morgan fingerprint density at radius 2 is 1.85 bits per heavy atom. The van der Waals surface area contributed by atoms with Gasteiger partial charge in [0.15, 0.2) is 0 Å². The van der Waals surface area contributed by atoms with E-state index in [1.807, 2.05) is 0 Å². The molecule has 5 rings (SSSR count). The van der Waals surface area contributed by atoms with Crippen LogP contribution in [0.2, 0.25) is 0 Å². The van der Waals surface area contributed by atoms with Crippen LogP contribution in [-0.2, 0) is 19.0 Å². The average Bonchev–Trinajstić information content (AvgIpc) is 3.45. The highest BCUT2D eigenvalue weighted by molar-refractivity contribution is 5.67. The van der Waals surface area contributed by atoms with Gasteiger partial charge in [-0.2, -0.15) is 23.0 Å². The first kappa shape index (κ1) is 22.6. The minimum absolute atomic E-state index is 0.303. The van der Waals surface area contributed by atoms with Crippen LogP contribution in [0.15, 0.2) is 41.2 Å². The molecule has 1 N–H and O–H groups in total. The molecular formula is C25H23F4N3O2. The van der Waals surface area contributed by atoms with Gasteiger partial charge in [-0.05, 0) is 80.1 Å². The summed E-state index contributed by atoms with van der Waals surface area (Å²) in [4.78, 5) is 15.1. The van der Waals surface area contributed by atoms with Gasteiger partial charge in [0.25, 0.3) is 5.56 Å². The molecule has 178 valence electrons. The topological polar surface area (TPSA) is 58.4 Å². The zero-order valence-electron chi connectivity index (χ0n) is 18.5. The van der Waals surface area contributed by atoms with Gasteiger partial charge in [0, 0.05) is 29.9 Å². The Kier molecular flexibility index (Phi) is 5.47. The predicted molar refractivity (Wildman–Crippen MR) is 120 cm³/mol. The number of hydrogen-bond donors (Lipinski definition) is 1. The zero-order chi connectivity index (χ0) is 24.2. The highest BCUT2D eigenvalue weighted by atomic mass is 19.4. The summed E-state index contributed by atoms with van der Waals surface area (Å²) < 4.78 is 56.7. The largest absolute Gasteiger partial charge is 0.418 e. The summed E-state index contributed by atoms with van der Waals surface area (Å²) in [5.74, 6) is -0.395. The van der Waals surface area contributed by atoms with Crippen LogP contribution < -0.4 is 10.5 Å². The highest BCUT2D eigenvalue weighted by Crippen LogP contribution is 2.37. The molecule has 1 saturated heterocycles. The van der Waals surface area contributed by atoms with Crippen LogP contribution in [0.5, 0.6) is 0 Å². The Morgan fingerprint density at radius 3 is 2.53 bits per heavy atom. The number of rotatable bonds is 3. The van der Waals surface area contributed by atoms with Crippen molar-refractivity contribution in [2.45, 2.75) is 44.9 Å². The van der Waals surface area contributed by atoms with Gasteiger partial charge < -0.3 is 10.0 Å². The molecule has 0 radical (unpaired) electrons. The van der Waals surface area contributed by atoms with Crippen LogP contribution in [0.25, 0.3) is 16.9 Å². The lowest BCUT2D eigenvalue weighted by atomic mass is 10.0. The number of fused-ring (bicyclic) bond motifs is 1. The summed E-state index contributed by atoms with van der Waals surface area (Å²) in [5, 5.41) is 14.3. The van der Waals surface area contributed by atoms with Crippen LogP contribution in [0, 0.1) is 12.7 Å². The lowest BCUT2D eigenvalue weighted by Gasteiger charge is -2.22. The van der Waals surface area contributed by atoms with Gasteiger partial charge in [0.2, 0.25) is 0 Å². The highest BCUT2D eigenvalue weighted by Gasteiger charge is 2.36. The van der Waals surface area contributed by atoms with Crippen LogP contribution in [-0.4, -0.2) is 34.1 Å². The lowest BCUT2D eigenvalue weighted by Crippen LogP contribution is -2.29. The molecule has 1 aliphatic heterocycles. The third-order valence-corrected chi connectivity index (χ3v) is 6.63. The van der Waals surface area contributed by atoms with Gasteiger partial charge in [0.1, 0.15) is 5.82 Å². The molecule has 5 nitrogen and oxygen atoms in total. The molecule has 0 spiro atoms. The number of halogens is 4. The Hall–Kier alpha value is -3.20. The fourth-order valence-corrected chi connectivity index (χ4v) is 4.87. The number of aliphatic hydroxyl groups excluding tert-OH is 1. The van der Waals surface area contributed by atoms with E-state index in [4.69, 9.17) is 0 Å². The van der Waals surface area contributed by atoms with E-state index in [1.54, 1.807) is 17.9 Å². The lowest BCUT2D eigenvalue weighted by molar-refractivity contribution is -0.137. The van der Waals surface area contributed by atoms with Crippen LogP contribution >= 0.6 is 0 Å². The standard InChI is InChI=1S/C25H23F4N3O2/c1-14-11-15(5-8-21(14)26)23-18-3-2-4-19(18)24(34)32(30-23)22-12-16(31-10-9-17(33)13-31)6-7-20(22)25(27,28)29/h5-8,11-12,17,33H,2-4,9-10,13H2,1H3/t17-/m0/s1. The number of anilines is 1. The van der Waals surface area contributed by atoms with Gasteiger partial charge in [-0.25, -0.2) is 4.39 Å². The summed E-state index contributed by atoms with van der Waals surface area (Å²) in [6.07, 6.45) is -3.01. The molecular weight excluding hydrogens is 450 g/mol. The van der Waals surface area contributed by atoms with Gasteiger partial charge in [-0.15, -0.1) is 0 Å². The number of nitrogens with zero attached hydrogens (tertiary/aromatic N) is 3. The van der Waals surface area contributed by atoms with Crippen molar-refractivity contribution in [2.75, 3.05) is 18.0 Å². The molecule has 2 aromatic carbocycles. The van der Waals surface area contributed by atoms with Crippen molar-refractivity contribution in [2.24, 2.45) is 0 Å². The van der Waals surface area contributed by atoms with Crippen LogP contribution in [0.4, 0.5) is 23.2 Å². The van der Waals surface area contributed by atoms with E-state index in [2.05, 4.69) is 5.10 Å². The second kappa shape index (κ2) is 8.23. The summed E-state index contributed by atoms with van der Waals surface area (Å²) >= 11 is 0. The number of aryl methyl sites for hydroxylation is 1. The van der Waals surface area contributed by atoms with Crippen molar-refractivity contribution in [3.63, 3.8) is 0 Å². The van der Waals surface area contributed by atoms with Gasteiger partial charge >= 0.3 is 6.18 Å². The third-order valence-electron chi connectivity index (χ3n) is 6.63. The van der Waals surface area contributed by atoms with Crippen LogP contribution in [0.3, 0.4) is 0 Å². The molecule has 3 aromatic rings. The molecule has 1 aliphatic carbocycles. The summed E-state index contributed by atoms with van der Waals surface area (Å²) in [5.41, 5.74) is 1.07. The molecule has 9 heteroatoms. The van der Waals surface area contributed by atoms with Crippen LogP contribution in [0.1, 0.15) is 35.1 Å². The smallest absolute Gasteiger partial charge is 0.391 e. The maximum Gasteiger partial charge on any atom is 0.418 e. The maximum absolute atomic E-state index is 14.0. The van der Waals surface area contributed by atoms with Crippen molar-refractivity contribution in [1.82, 2.24) is 9.78 Å². The molecule has 0 bridgehead atoms. The number of hydrogen-bond acceptors (Lipinski definition) is 4. The summed E-state index contributed by atoms with van der Waals surface area (Å²) in [6.45, 7) is 2.40. The van der Waals surface area contributed by atoms with E-state index < -0.39 is 29.2 Å². The number of alkyl halides is 3. The molecule has 34 heavy (non-hydrogen) atoms. The first-order chi connectivity index (χ1) is 16.1. The molecule has 0 unspecified atom stereocenters. The fourth-order valence-electron chi connectivity index (χ4n) is 4.87. The van der Waals surface area contributed by atoms with Gasteiger partial charge in [-0.1, -0.05) is 0 Å². The van der Waals surface area contributed by atoms with Gasteiger partial charge in [-0.3, -0.25) is 4.79 Å². The Bertz CT molecular complexity index is 1330. The second-order valence-corrected chi connectivity index (χ2v) is 8.93. The van der Waals surface area contributed by atoms with E-state index >= 15 is 0 Å². The monoisotopic (exact) mass is 473 g/mol. The van der Waals surface area contributed by atoms with Crippen molar-refractivity contribution < 1.29 is 22.7 Å². The number of aliphatic hydroxyl groups is 1. The molecule has 0 amide bonds. The maximum atomic E-state index is 14.0. The zero-order valence-corrected chi connectivity index (χ0v) is 18.5. The number of aromatic nitrogens is 2. The third kappa shape index (κ3) is 3.87. The molecule has 2 heterocycles. The van der Waals surface area contributed by atoms with E-state index in [0.29, 0.717) is 72.4 Å². The Morgan fingerprint density at radius 1 is 1.09 bits per heavy atom. The van der Waals surface area contributed by atoms with Crippen molar-refractivity contribution in [3.8, 4) is 16.9 Å². The first-order valence-electron chi connectivity index (χ1n) is 11.2. The Labute approximate surface area is 193 Å². The van der Waals surface area contributed by atoms with E-state index in [0.717, 1.165) is 10.7 Å². The van der Waals surface area contributed by atoms with E-state index in [-0.39, 0.29) is 5.69 Å². The quantitative estimate of drug-likeness (QED) is 0.572. The van der Waals surface area contributed by atoms with E-state index in [1.165, 1.54) is 24.3 Å². The summed E-state index contributed by atoms with van der Waals surface area (Å²) in [6, 6.07) is 8.05. The predicted octanol–water partition coefficient (Wildman–Crippen LogP) is 4.43. The number of benzene rings is 2. The first-order valence-corrected chi connectivity index (χ1v) is 11.2. The fraction of sp³-hybridized carbons (Fsp3) is 0.360. The Balaban J connectivity index is 1.75. The average molecular weight is 473 g/mol. The minimum atomic E-state index is -4.70. The molecule has 1 atom stereocenters. The molecule has 0 saturated carbocycles. The van der Waals surface area contributed by atoms with Crippen molar-refractivity contribution in [1.29, 1.82) is 0 Å². The number of β-amino-alcohol motifs (C(OH)–C–C–N with tert-alkyl or cyclic N) is 1.